The zero-order valence-electron chi connectivity index (χ0n) is 23.5. The van der Waals surface area contributed by atoms with Crippen molar-refractivity contribution < 1.29 is 23.8 Å². The largest absolute Gasteiger partial charge is 0.478 e. The van der Waals surface area contributed by atoms with Crippen molar-refractivity contribution >= 4 is 22.8 Å². The van der Waals surface area contributed by atoms with Gasteiger partial charge in [-0.2, -0.15) is 10.2 Å². The molecular weight excluding hydrogens is 551 g/mol. The fourth-order valence-corrected chi connectivity index (χ4v) is 6.81. The third kappa shape index (κ3) is 5.39. The number of aromatic nitrogens is 4. The van der Waals surface area contributed by atoms with Crippen molar-refractivity contribution in [2.24, 2.45) is 5.92 Å². The van der Waals surface area contributed by atoms with Crippen LogP contribution in [-0.2, 0) is 24.3 Å². The lowest BCUT2D eigenvalue weighted by Gasteiger charge is -2.40. The molecule has 2 bridgehead atoms. The lowest BCUT2D eigenvalue weighted by Crippen LogP contribution is -2.44. The van der Waals surface area contributed by atoms with Crippen LogP contribution in [0.25, 0.3) is 11.0 Å². The molecule has 220 valence electrons. The summed E-state index contributed by atoms with van der Waals surface area (Å²) in [6, 6.07) is 14.1. The van der Waals surface area contributed by atoms with Crippen LogP contribution >= 0.6 is 0 Å². The monoisotopic (exact) mass is 582 g/mol. The van der Waals surface area contributed by atoms with Crippen molar-refractivity contribution in [2.45, 2.75) is 69.9 Å². The van der Waals surface area contributed by atoms with Gasteiger partial charge in [-0.1, -0.05) is 6.07 Å². The van der Waals surface area contributed by atoms with E-state index < -0.39 is 11.8 Å². The van der Waals surface area contributed by atoms with Crippen LogP contribution in [0.15, 0.2) is 48.7 Å². The molecule has 2 unspecified atom stereocenters. The van der Waals surface area contributed by atoms with E-state index in [0.717, 1.165) is 67.8 Å². The van der Waals surface area contributed by atoms with Crippen LogP contribution in [0.2, 0.25) is 0 Å². The average molecular weight is 583 g/mol. The number of fused-ring (bicyclic) bond motifs is 3. The summed E-state index contributed by atoms with van der Waals surface area (Å²) < 4.78 is 28.0. The first-order valence-electron chi connectivity index (χ1n) is 14.7. The first-order chi connectivity index (χ1) is 20.9. The number of nitrogens with zero attached hydrogens (tertiary/aromatic N) is 6. The van der Waals surface area contributed by atoms with Gasteiger partial charge in [0.1, 0.15) is 24.1 Å². The van der Waals surface area contributed by atoms with Crippen LogP contribution in [-0.4, -0.2) is 55.4 Å². The number of aromatic carboxylic acids is 1. The number of benzene rings is 2. The normalized spacial score (nSPS) is 22.7. The summed E-state index contributed by atoms with van der Waals surface area (Å²) in [5.74, 6) is 0.791. The SMILES string of the molecule is N#Cc1ccc(COc2nccc(N3C4CCC3CC(Cc3nc5ccc(C(=O)O)cc5n3C[C@@H]3CCO3)C4)n2)c(F)c1. The quantitative estimate of drug-likeness (QED) is 0.293. The molecule has 4 aromatic rings. The number of piperidine rings is 1. The Bertz CT molecular complexity index is 1720. The molecule has 0 aliphatic carbocycles. The van der Waals surface area contributed by atoms with Crippen molar-refractivity contribution in [3.8, 4) is 12.1 Å². The van der Waals surface area contributed by atoms with Gasteiger partial charge < -0.3 is 24.0 Å². The Morgan fingerprint density at radius 3 is 2.63 bits per heavy atom. The fourth-order valence-electron chi connectivity index (χ4n) is 6.81. The van der Waals surface area contributed by atoms with Crippen molar-refractivity contribution in [3.05, 3.63) is 77.0 Å². The number of hydrogen-bond acceptors (Lipinski definition) is 8. The number of imidazole rings is 1. The van der Waals surface area contributed by atoms with E-state index in [1.54, 1.807) is 36.5 Å². The van der Waals surface area contributed by atoms with Crippen LogP contribution < -0.4 is 9.64 Å². The molecule has 3 saturated heterocycles. The van der Waals surface area contributed by atoms with Crippen LogP contribution in [0.1, 0.15) is 59.4 Å². The molecule has 0 saturated carbocycles. The highest BCUT2D eigenvalue weighted by Gasteiger charge is 2.42. The van der Waals surface area contributed by atoms with Crippen molar-refractivity contribution in [1.82, 2.24) is 19.5 Å². The second-order valence-corrected chi connectivity index (χ2v) is 11.7. The number of nitriles is 1. The smallest absolute Gasteiger partial charge is 0.335 e. The lowest BCUT2D eigenvalue weighted by atomic mass is 9.88. The molecule has 1 N–H and O–H groups in total. The molecular formula is C32H31FN6O4. The van der Waals surface area contributed by atoms with Crippen molar-refractivity contribution in [2.75, 3.05) is 11.5 Å². The number of halogens is 1. The summed E-state index contributed by atoms with van der Waals surface area (Å²) in [4.78, 5) is 27.9. The number of hydrogen-bond donors (Lipinski definition) is 1. The zero-order valence-corrected chi connectivity index (χ0v) is 23.5. The summed E-state index contributed by atoms with van der Waals surface area (Å²) in [5, 5.41) is 18.5. The number of rotatable bonds is 9. The maximum Gasteiger partial charge on any atom is 0.335 e. The Balaban J connectivity index is 1.06. The maximum atomic E-state index is 14.3. The van der Waals surface area contributed by atoms with E-state index in [1.807, 2.05) is 12.1 Å². The third-order valence-electron chi connectivity index (χ3n) is 8.98. The standard InChI is InChI=1S/C32H31FN6O4/c33-26-13-19(16-34)1-2-22(26)18-43-32-35-9-7-29(37-32)39-23-4-5-24(39)12-20(11-23)14-30-36-27-6-3-21(31(40)41)15-28(27)38(30)17-25-8-10-42-25/h1-3,6-7,9,13,15,20,23-25H,4-5,8,10-12,14,17-18H2,(H,40,41)/t20?,23?,24?,25-/m0/s1. The number of carboxylic acid groups (broad SMARTS) is 1. The van der Waals surface area contributed by atoms with Gasteiger partial charge in [-0.15, -0.1) is 0 Å². The highest BCUT2D eigenvalue weighted by Crippen LogP contribution is 2.42. The predicted molar refractivity (Wildman–Crippen MR) is 154 cm³/mol. The van der Waals surface area contributed by atoms with Gasteiger partial charge >= 0.3 is 12.0 Å². The third-order valence-corrected chi connectivity index (χ3v) is 8.98. The minimum absolute atomic E-state index is 0.0310. The van der Waals surface area contributed by atoms with E-state index in [-0.39, 0.29) is 29.8 Å². The van der Waals surface area contributed by atoms with Crippen LogP contribution in [0.3, 0.4) is 0 Å². The van der Waals surface area contributed by atoms with E-state index in [1.165, 1.54) is 6.07 Å². The van der Waals surface area contributed by atoms with E-state index in [4.69, 9.17) is 19.7 Å². The summed E-state index contributed by atoms with van der Waals surface area (Å²) in [5.41, 5.74) is 2.52. The van der Waals surface area contributed by atoms with Gasteiger partial charge in [0, 0.05) is 36.9 Å². The fraction of sp³-hybridized carbons (Fsp3) is 0.406. The van der Waals surface area contributed by atoms with Crippen LogP contribution in [0.4, 0.5) is 10.2 Å². The van der Waals surface area contributed by atoms with Gasteiger partial charge in [0.05, 0.1) is 40.9 Å². The number of carbonyl (C=O) groups is 1. The van der Waals surface area contributed by atoms with Gasteiger partial charge in [-0.05, 0) is 74.4 Å². The Kier molecular flexibility index (Phi) is 7.15. The van der Waals surface area contributed by atoms with E-state index in [0.29, 0.717) is 30.1 Å². The molecule has 3 aliphatic rings. The van der Waals surface area contributed by atoms with Gasteiger partial charge in [-0.3, -0.25) is 0 Å². The van der Waals surface area contributed by atoms with E-state index >= 15 is 0 Å². The summed E-state index contributed by atoms with van der Waals surface area (Å²) in [6.07, 6.45) is 7.76. The Labute approximate surface area is 247 Å². The molecule has 43 heavy (non-hydrogen) atoms. The maximum absolute atomic E-state index is 14.3. The van der Waals surface area contributed by atoms with Gasteiger partial charge in [-0.25, -0.2) is 19.2 Å². The Hall–Kier alpha value is -4.56. The number of carboxylic acids is 1. The van der Waals surface area contributed by atoms with Crippen molar-refractivity contribution in [3.63, 3.8) is 0 Å². The lowest BCUT2D eigenvalue weighted by molar-refractivity contribution is -0.0590. The molecule has 5 heterocycles. The Morgan fingerprint density at radius 1 is 1.12 bits per heavy atom. The second-order valence-electron chi connectivity index (χ2n) is 11.7. The molecule has 2 aromatic heterocycles. The number of ether oxygens (including phenoxy) is 2. The van der Waals surface area contributed by atoms with Gasteiger partial charge in [0.25, 0.3) is 0 Å². The minimum Gasteiger partial charge on any atom is -0.478 e. The average Bonchev–Trinajstić information content (AvgIpc) is 3.46. The molecule has 3 atom stereocenters. The predicted octanol–water partition coefficient (Wildman–Crippen LogP) is 4.89. The molecule has 3 fully saturated rings. The van der Waals surface area contributed by atoms with Gasteiger partial charge in [0.15, 0.2) is 0 Å². The summed E-state index contributed by atoms with van der Waals surface area (Å²) in [7, 11) is 0. The highest BCUT2D eigenvalue weighted by atomic mass is 19.1. The zero-order chi connectivity index (χ0) is 29.5. The molecule has 10 nitrogen and oxygen atoms in total. The van der Waals surface area contributed by atoms with E-state index in [9.17, 15) is 14.3 Å². The summed E-state index contributed by atoms with van der Waals surface area (Å²) >= 11 is 0. The minimum atomic E-state index is -0.945. The first-order valence-corrected chi connectivity index (χ1v) is 14.7. The molecule has 7 rings (SSSR count). The molecule has 11 heteroatoms. The number of anilines is 1. The topological polar surface area (TPSA) is 126 Å². The molecule has 0 amide bonds. The molecule has 3 aliphatic heterocycles. The molecule has 2 aromatic carbocycles. The molecule has 0 spiro atoms. The first kappa shape index (κ1) is 27.3. The van der Waals surface area contributed by atoms with E-state index in [2.05, 4.69) is 19.4 Å². The Morgan fingerprint density at radius 2 is 1.93 bits per heavy atom. The molecule has 0 radical (unpaired) electrons. The van der Waals surface area contributed by atoms with Gasteiger partial charge in [0.2, 0.25) is 0 Å². The highest BCUT2D eigenvalue weighted by molar-refractivity contribution is 5.92. The van der Waals surface area contributed by atoms with Crippen LogP contribution in [0, 0.1) is 23.1 Å². The van der Waals surface area contributed by atoms with Crippen LogP contribution in [0.5, 0.6) is 6.01 Å². The van der Waals surface area contributed by atoms with Crippen molar-refractivity contribution in [1.29, 1.82) is 5.26 Å². The summed E-state index contributed by atoms with van der Waals surface area (Å²) in [6.45, 7) is 1.41. The second kappa shape index (κ2) is 11.3.